The van der Waals surface area contributed by atoms with Gasteiger partial charge in [0.1, 0.15) is 24.8 Å². The first kappa shape index (κ1) is 24.4. The van der Waals surface area contributed by atoms with Crippen molar-refractivity contribution in [3.63, 3.8) is 0 Å². The van der Waals surface area contributed by atoms with Gasteiger partial charge in [0.2, 0.25) is 6.20 Å². The fourth-order valence-electron chi connectivity index (χ4n) is 3.15. The summed E-state index contributed by atoms with van der Waals surface area (Å²) >= 11 is 0. The van der Waals surface area contributed by atoms with Gasteiger partial charge in [0.15, 0.2) is 6.54 Å². The molecule has 0 bridgehead atoms. The third kappa shape index (κ3) is 8.01. The number of nitrogens with one attached hydrogen (secondary N) is 1. The van der Waals surface area contributed by atoms with Crippen LogP contribution in [0.2, 0.25) is 0 Å². The second-order valence-electron chi connectivity index (χ2n) is 7.54. The van der Waals surface area contributed by atoms with E-state index >= 15 is 0 Å². The van der Waals surface area contributed by atoms with Crippen LogP contribution in [0.5, 0.6) is 0 Å². The Hall–Kier alpha value is -4.27. The summed E-state index contributed by atoms with van der Waals surface area (Å²) in [5.74, 6) is -1.12. The predicted octanol–water partition coefficient (Wildman–Crippen LogP) is 2.29. The summed E-state index contributed by atoms with van der Waals surface area (Å²) in [6.45, 7) is 0.580. The van der Waals surface area contributed by atoms with Gasteiger partial charge in [-0.2, -0.15) is 0 Å². The van der Waals surface area contributed by atoms with Crippen LogP contribution in [0.15, 0.2) is 79.1 Å². The highest BCUT2D eigenvalue weighted by Gasteiger charge is 2.24. The number of esters is 1. The molecule has 1 heterocycles. The quantitative estimate of drug-likeness (QED) is 0.332. The Labute approximate surface area is 197 Å². The Bertz CT molecular complexity index is 1090. The highest BCUT2D eigenvalue weighted by Crippen LogP contribution is 2.07. The summed E-state index contributed by atoms with van der Waals surface area (Å²) in [6.07, 6.45) is 3.05. The Kier molecular flexibility index (Phi) is 9.09. The predicted molar refractivity (Wildman–Crippen MR) is 122 cm³/mol. The largest absolute Gasteiger partial charge is 0.459 e. The molecule has 0 fully saturated rings. The molecule has 176 valence electrons. The van der Waals surface area contributed by atoms with Crippen molar-refractivity contribution < 1.29 is 28.5 Å². The summed E-state index contributed by atoms with van der Waals surface area (Å²) in [4.78, 5) is 36.4. The Morgan fingerprint density at radius 3 is 2.15 bits per heavy atom. The number of ether oxygens (including phenoxy) is 2. The number of nitrogens with two attached hydrogens (primary N) is 1. The average molecular weight is 464 g/mol. The van der Waals surface area contributed by atoms with Crippen molar-refractivity contribution >= 4 is 18.0 Å². The number of benzene rings is 2. The Morgan fingerprint density at radius 1 is 0.912 bits per heavy atom. The third-order valence-corrected chi connectivity index (χ3v) is 4.93. The van der Waals surface area contributed by atoms with Crippen LogP contribution in [-0.2, 0) is 34.0 Å². The molecule has 1 atom stereocenters. The van der Waals surface area contributed by atoms with Gasteiger partial charge in [-0.3, -0.25) is 4.79 Å². The third-order valence-electron chi connectivity index (χ3n) is 4.93. The standard InChI is InChI=1S/C25H26N4O5/c26-23(30)21-13-14-27-29(16-21)15-7-12-22(24(31)33-17-19-8-3-1-4-9-19)28-25(32)34-18-20-10-5-2-6-11-20/h1-6,8-11,13-14,16,22H,7,12,15,17-18H2,(H2-,26,28,30,32)/p+1/t22-/m0/s1. The summed E-state index contributed by atoms with van der Waals surface area (Å²) in [5, 5.41) is 6.74. The first-order valence-corrected chi connectivity index (χ1v) is 10.8. The van der Waals surface area contributed by atoms with E-state index in [0.29, 0.717) is 18.5 Å². The van der Waals surface area contributed by atoms with Gasteiger partial charge in [-0.05, 0) is 28.7 Å². The van der Waals surface area contributed by atoms with E-state index in [0.717, 1.165) is 11.1 Å². The average Bonchev–Trinajstić information content (AvgIpc) is 2.87. The Balaban J connectivity index is 1.57. The van der Waals surface area contributed by atoms with Crippen LogP contribution >= 0.6 is 0 Å². The van der Waals surface area contributed by atoms with E-state index in [1.54, 1.807) is 4.68 Å². The lowest BCUT2D eigenvalue weighted by molar-refractivity contribution is -0.754. The van der Waals surface area contributed by atoms with Crippen LogP contribution in [0.3, 0.4) is 0 Å². The van der Waals surface area contributed by atoms with E-state index in [9.17, 15) is 14.4 Å². The molecule has 0 radical (unpaired) electrons. The lowest BCUT2D eigenvalue weighted by Crippen LogP contribution is -2.44. The minimum absolute atomic E-state index is 0.0815. The molecule has 0 unspecified atom stereocenters. The second kappa shape index (κ2) is 12.7. The van der Waals surface area contributed by atoms with Gasteiger partial charge >= 0.3 is 12.1 Å². The number of aromatic nitrogens is 2. The highest BCUT2D eigenvalue weighted by molar-refractivity contribution is 5.92. The van der Waals surface area contributed by atoms with Gasteiger partial charge in [-0.25, -0.2) is 9.59 Å². The van der Waals surface area contributed by atoms with Crippen LogP contribution in [0.4, 0.5) is 4.79 Å². The van der Waals surface area contributed by atoms with Gasteiger partial charge < -0.3 is 20.5 Å². The SMILES string of the molecule is NC(=O)c1ccn[n+](CCC[C@H](NC(=O)OCc2ccccc2)C(=O)OCc2ccccc2)c1. The van der Waals surface area contributed by atoms with Crippen LogP contribution in [-0.4, -0.2) is 29.1 Å². The zero-order valence-electron chi connectivity index (χ0n) is 18.6. The molecule has 1 aromatic heterocycles. The van der Waals surface area contributed by atoms with E-state index in [2.05, 4.69) is 10.4 Å². The van der Waals surface area contributed by atoms with Gasteiger partial charge in [-0.15, -0.1) is 0 Å². The van der Waals surface area contributed by atoms with Crippen LogP contribution in [0.1, 0.15) is 34.3 Å². The van der Waals surface area contributed by atoms with E-state index in [4.69, 9.17) is 15.2 Å². The number of carbonyl (C=O) groups is 3. The van der Waals surface area contributed by atoms with Crippen molar-refractivity contribution in [1.82, 2.24) is 10.4 Å². The number of nitrogens with zero attached hydrogens (tertiary/aromatic N) is 2. The maximum absolute atomic E-state index is 12.7. The van der Waals surface area contributed by atoms with Gasteiger partial charge in [0.25, 0.3) is 5.91 Å². The first-order chi connectivity index (χ1) is 16.5. The first-order valence-electron chi connectivity index (χ1n) is 10.8. The molecule has 0 aliphatic heterocycles. The molecule has 9 heteroatoms. The number of alkyl carbamates (subject to hydrolysis) is 1. The fraction of sp³-hybridized carbons (Fsp3) is 0.240. The van der Waals surface area contributed by atoms with Crippen molar-refractivity contribution in [2.24, 2.45) is 5.73 Å². The molecule has 0 spiro atoms. The zero-order chi connectivity index (χ0) is 24.2. The van der Waals surface area contributed by atoms with Crippen molar-refractivity contribution in [3.8, 4) is 0 Å². The van der Waals surface area contributed by atoms with E-state index < -0.39 is 24.0 Å². The molecule has 2 amide bonds. The molecule has 3 N–H and O–H groups in total. The van der Waals surface area contributed by atoms with Gasteiger partial charge in [-0.1, -0.05) is 65.3 Å². The monoisotopic (exact) mass is 463 g/mol. The number of amides is 2. The molecule has 3 aromatic rings. The maximum Gasteiger partial charge on any atom is 0.408 e. The van der Waals surface area contributed by atoms with Crippen LogP contribution < -0.4 is 15.7 Å². The molecular weight excluding hydrogens is 436 g/mol. The molecule has 0 aliphatic carbocycles. The molecule has 0 aliphatic rings. The molecule has 2 aromatic carbocycles. The minimum atomic E-state index is -0.910. The minimum Gasteiger partial charge on any atom is -0.459 e. The lowest BCUT2D eigenvalue weighted by atomic mass is 10.1. The number of primary amides is 1. The van der Waals surface area contributed by atoms with Gasteiger partial charge in [0.05, 0.1) is 6.20 Å². The number of aryl methyl sites for hydroxylation is 1. The zero-order valence-corrected chi connectivity index (χ0v) is 18.6. The molecule has 0 saturated carbocycles. The van der Waals surface area contributed by atoms with E-state index in [1.165, 1.54) is 18.5 Å². The Morgan fingerprint density at radius 2 is 1.53 bits per heavy atom. The summed E-state index contributed by atoms with van der Waals surface area (Å²) in [5.41, 5.74) is 7.30. The van der Waals surface area contributed by atoms with Crippen LogP contribution in [0.25, 0.3) is 0 Å². The number of carbonyl (C=O) groups excluding carboxylic acids is 3. The normalized spacial score (nSPS) is 11.3. The topological polar surface area (TPSA) is 124 Å². The molecule has 0 saturated heterocycles. The molecule has 9 nitrogen and oxygen atoms in total. The smallest absolute Gasteiger partial charge is 0.408 e. The molecule has 34 heavy (non-hydrogen) atoms. The maximum atomic E-state index is 12.7. The fourth-order valence-corrected chi connectivity index (χ4v) is 3.15. The van der Waals surface area contributed by atoms with Crippen molar-refractivity contribution in [2.45, 2.75) is 38.6 Å². The summed E-state index contributed by atoms with van der Waals surface area (Å²) in [7, 11) is 0. The summed E-state index contributed by atoms with van der Waals surface area (Å²) < 4.78 is 12.2. The van der Waals surface area contributed by atoms with Crippen molar-refractivity contribution in [1.29, 1.82) is 0 Å². The summed E-state index contributed by atoms with van der Waals surface area (Å²) in [6, 6.07) is 19.1. The number of hydrogen-bond acceptors (Lipinski definition) is 6. The molecule has 3 rings (SSSR count). The van der Waals surface area contributed by atoms with Crippen molar-refractivity contribution in [3.05, 3.63) is 95.8 Å². The second-order valence-corrected chi connectivity index (χ2v) is 7.54. The number of hydrogen-bond donors (Lipinski definition) is 2. The number of rotatable bonds is 11. The van der Waals surface area contributed by atoms with Crippen molar-refractivity contribution in [2.75, 3.05) is 0 Å². The molecular formula is C25H27N4O5+. The van der Waals surface area contributed by atoms with Gasteiger partial charge in [0, 0.05) is 6.42 Å². The van der Waals surface area contributed by atoms with Crippen LogP contribution in [0, 0.1) is 0 Å². The van der Waals surface area contributed by atoms with E-state index in [1.807, 2.05) is 60.7 Å². The highest BCUT2D eigenvalue weighted by atomic mass is 16.6. The van der Waals surface area contributed by atoms with E-state index in [-0.39, 0.29) is 19.6 Å². The lowest BCUT2D eigenvalue weighted by Gasteiger charge is -2.17.